The molecule has 0 spiro atoms. The molecule has 5 rings (SSSR count). The number of carbonyl (C=O) groups is 1. The first-order chi connectivity index (χ1) is 15.7. The predicted octanol–water partition coefficient (Wildman–Crippen LogP) is 3.47. The van der Waals surface area contributed by atoms with Crippen LogP contribution in [0.3, 0.4) is 0 Å². The fourth-order valence-electron chi connectivity index (χ4n) is 4.48. The van der Waals surface area contributed by atoms with Crippen LogP contribution in [0.2, 0.25) is 0 Å². The molecule has 0 bridgehead atoms. The lowest BCUT2D eigenvalue weighted by molar-refractivity contribution is 0.0988. The van der Waals surface area contributed by atoms with Gasteiger partial charge in [-0.15, -0.1) is 0 Å². The van der Waals surface area contributed by atoms with Gasteiger partial charge in [0.1, 0.15) is 23.1 Å². The summed E-state index contributed by atoms with van der Waals surface area (Å²) in [6, 6.07) is 13.8. The number of nitrogens with zero attached hydrogens (tertiary/aromatic N) is 6. The summed E-state index contributed by atoms with van der Waals surface area (Å²) in [5.41, 5.74) is 3.53. The van der Waals surface area contributed by atoms with Gasteiger partial charge in [-0.25, -0.2) is 9.97 Å². The van der Waals surface area contributed by atoms with Crippen LogP contribution in [0.1, 0.15) is 35.8 Å². The maximum Gasteiger partial charge on any atom is 0.263 e. The first-order valence-corrected chi connectivity index (χ1v) is 10.8. The van der Waals surface area contributed by atoms with Gasteiger partial charge < -0.3 is 15.1 Å². The van der Waals surface area contributed by atoms with Crippen molar-refractivity contribution >= 4 is 23.4 Å². The third-order valence-electron chi connectivity index (χ3n) is 5.99. The number of amides is 1. The highest BCUT2D eigenvalue weighted by Gasteiger charge is 2.37. The number of hydrogen-bond donors (Lipinski definition) is 1. The summed E-state index contributed by atoms with van der Waals surface area (Å²) >= 11 is 0. The van der Waals surface area contributed by atoms with Gasteiger partial charge >= 0.3 is 0 Å². The number of nitrogens with one attached hydrogen (secondary N) is 1. The minimum absolute atomic E-state index is 0.0953. The van der Waals surface area contributed by atoms with Crippen molar-refractivity contribution in [2.75, 3.05) is 34.8 Å². The van der Waals surface area contributed by atoms with Gasteiger partial charge in [0, 0.05) is 43.8 Å². The van der Waals surface area contributed by atoms with Gasteiger partial charge in [-0.3, -0.25) is 4.79 Å². The zero-order chi connectivity index (χ0) is 22.1. The molecule has 1 aromatic carbocycles. The zero-order valence-corrected chi connectivity index (χ0v) is 17.8. The van der Waals surface area contributed by atoms with E-state index in [4.69, 9.17) is 0 Å². The summed E-state index contributed by atoms with van der Waals surface area (Å²) in [5, 5.41) is 12.3. The second-order valence-corrected chi connectivity index (χ2v) is 7.96. The van der Waals surface area contributed by atoms with E-state index in [2.05, 4.69) is 31.2 Å². The highest BCUT2D eigenvalue weighted by molar-refractivity contribution is 6.10. The van der Waals surface area contributed by atoms with Gasteiger partial charge in [0.15, 0.2) is 0 Å². The van der Waals surface area contributed by atoms with Crippen molar-refractivity contribution in [3.8, 4) is 17.2 Å². The molecule has 1 fully saturated rings. The molecule has 8 nitrogen and oxygen atoms in total. The molecule has 1 amide bonds. The average molecular weight is 425 g/mol. The molecule has 2 aromatic heterocycles. The second-order valence-electron chi connectivity index (χ2n) is 7.96. The van der Waals surface area contributed by atoms with E-state index >= 15 is 0 Å². The fraction of sp³-hybridized carbons (Fsp3) is 0.292. The molecule has 2 aliphatic heterocycles. The van der Waals surface area contributed by atoms with Crippen LogP contribution in [0.25, 0.3) is 11.1 Å². The molecular weight excluding hydrogens is 402 g/mol. The van der Waals surface area contributed by atoms with Crippen molar-refractivity contribution in [1.82, 2.24) is 15.0 Å². The van der Waals surface area contributed by atoms with Crippen LogP contribution in [0, 0.1) is 11.3 Å². The van der Waals surface area contributed by atoms with Gasteiger partial charge in [-0.2, -0.15) is 10.2 Å². The number of fused-ring (bicyclic) bond motifs is 3. The molecule has 2 aliphatic rings. The Hall–Kier alpha value is -3.99. The third-order valence-corrected chi connectivity index (χ3v) is 5.99. The van der Waals surface area contributed by atoms with E-state index in [1.54, 1.807) is 18.5 Å². The van der Waals surface area contributed by atoms with Gasteiger partial charge in [-0.05, 0) is 55.2 Å². The molecule has 160 valence electrons. The van der Waals surface area contributed by atoms with Crippen LogP contribution in [0.4, 0.5) is 17.5 Å². The van der Waals surface area contributed by atoms with Gasteiger partial charge in [0.2, 0.25) is 5.95 Å². The fourth-order valence-corrected chi connectivity index (χ4v) is 4.48. The molecule has 0 radical (unpaired) electrons. The van der Waals surface area contributed by atoms with Gasteiger partial charge in [0.25, 0.3) is 5.91 Å². The maximum atomic E-state index is 13.6. The Morgan fingerprint density at radius 3 is 2.94 bits per heavy atom. The number of anilines is 3. The summed E-state index contributed by atoms with van der Waals surface area (Å²) in [7, 11) is 0. The Labute approximate surface area is 186 Å². The van der Waals surface area contributed by atoms with E-state index in [1.165, 1.54) is 0 Å². The lowest BCUT2D eigenvalue weighted by atomic mass is 10.0. The number of nitriles is 1. The number of pyridine rings is 1. The summed E-state index contributed by atoms with van der Waals surface area (Å²) < 4.78 is 0. The molecule has 4 heterocycles. The number of rotatable bonds is 4. The normalized spacial score (nSPS) is 17.4. The van der Waals surface area contributed by atoms with Crippen molar-refractivity contribution in [3.63, 3.8) is 0 Å². The topological polar surface area (TPSA) is 98.0 Å². The standard InChI is InChI=1S/C24H23N7O/c1-2-26-24-28-14-21-22(29-24)30-10-4-7-20(30)15-31(23(21)32)19-6-3-5-16(12-19)17-8-9-27-18(11-17)13-25/h3,5-6,8-9,11-12,14,20H,2,4,7,10,15H2,1H3,(H,26,28,29). The molecule has 0 aliphatic carbocycles. The Bertz CT molecular complexity index is 1220. The van der Waals surface area contributed by atoms with Crippen LogP contribution in [-0.2, 0) is 0 Å². The van der Waals surface area contributed by atoms with E-state index in [-0.39, 0.29) is 11.9 Å². The van der Waals surface area contributed by atoms with Crippen LogP contribution in [0.15, 0.2) is 48.8 Å². The van der Waals surface area contributed by atoms with Gasteiger partial charge in [-0.1, -0.05) is 12.1 Å². The molecule has 1 atom stereocenters. The first kappa shape index (κ1) is 19.9. The summed E-state index contributed by atoms with van der Waals surface area (Å²) in [4.78, 5) is 30.8. The van der Waals surface area contributed by atoms with Crippen molar-refractivity contribution in [3.05, 3.63) is 60.0 Å². The number of carbonyl (C=O) groups excluding carboxylic acids is 1. The Morgan fingerprint density at radius 1 is 1.22 bits per heavy atom. The number of aromatic nitrogens is 3. The molecular formula is C24H23N7O. The molecule has 3 aromatic rings. The summed E-state index contributed by atoms with van der Waals surface area (Å²) in [5.74, 6) is 1.17. The van der Waals surface area contributed by atoms with Crippen molar-refractivity contribution in [2.24, 2.45) is 0 Å². The SMILES string of the molecule is CCNc1ncc2c(n1)N1CCCC1CN(c1cccc(-c3ccnc(C#N)c3)c1)C2=O. The Morgan fingerprint density at radius 2 is 2.09 bits per heavy atom. The zero-order valence-electron chi connectivity index (χ0n) is 17.8. The molecule has 1 saturated heterocycles. The van der Waals surface area contributed by atoms with Crippen LogP contribution in [0.5, 0.6) is 0 Å². The highest BCUT2D eigenvalue weighted by Crippen LogP contribution is 2.35. The third kappa shape index (κ3) is 3.52. The average Bonchev–Trinajstić information content (AvgIpc) is 3.26. The van der Waals surface area contributed by atoms with Gasteiger partial charge in [0.05, 0.1) is 0 Å². The van der Waals surface area contributed by atoms with Crippen LogP contribution < -0.4 is 15.1 Å². The lowest BCUT2D eigenvalue weighted by Crippen LogP contribution is -2.39. The first-order valence-electron chi connectivity index (χ1n) is 10.8. The van der Waals surface area contributed by atoms with E-state index in [1.807, 2.05) is 42.2 Å². The molecule has 32 heavy (non-hydrogen) atoms. The highest BCUT2D eigenvalue weighted by atomic mass is 16.2. The monoisotopic (exact) mass is 425 g/mol. The summed E-state index contributed by atoms with van der Waals surface area (Å²) in [6.45, 7) is 4.19. The quantitative estimate of drug-likeness (QED) is 0.683. The smallest absolute Gasteiger partial charge is 0.263 e. The largest absolute Gasteiger partial charge is 0.354 e. The second kappa shape index (κ2) is 8.27. The molecule has 1 unspecified atom stereocenters. The molecule has 1 N–H and O–H groups in total. The van der Waals surface area contributed by atoms with E-state index in [0.29, 0.717) is 23.8 Å². The Kier molecular flexibility index (Phi) is 5.15. The number of benzene rings is 1. The lowest BCUT2D eigenvalue weighted by Gasteiger charge is -2.27. The van der Waals surface area contributed by atoms with Crippen LogP contribution in [-0.4, -0.2) is 46.5 Å². The predicted molar refractivity (Wildman–Crippen MR) is 123 cm³/mol. The van der Waals surface area contributed by atoms with E-state index < -0.39 is 0 Å². The van der Waals surface area contributed by atoms with E-state index in [0.717, 1.165) is 48.6 Å². The summed E-state index contributed by atoms with van der Waals surface area (Å²) in [6.07, 6.45) is 5.35. The minimum Gasteiger partial charge on any atom is -0.354 e. The van der Waals surface area contributed by atoms with Crippen LogP contribution >= 0.6 is 0 Å². The maximum absolute atomic E-state index is 13.6. The van der Waals surface area contributed by atoms with Crippen molar-refractivity contribution in [2.45, 2.75) is 25.8 Å². The van der Waals surface area contributed by atoms with E-state index in [9.17, 15) is 10.1 Å². The van der Waals surface area contributed by atoms with Crippen molar-refractivity contribution in [1.29, 1.82) is 5.26 Å². The Balaban J connectivity index is 1.56. The molecule has 0 saturated carbocycles. The van der Waals surface area contributed by atoms with Crippen molar-refractivity contribution < 1.29 is 4.79 Å². The molecule has 8 heteroatoms. The minimum atomic E-state index is -0.0953. The number of hydrogen-bond acceptors (Lipinski definition) is 7.